The second-order valence-corrected chi connectivity index (χ2v) is 3.41. The Balaban J connectivity index is 4.40. The molecule has 0 amide bonds. The number of hydrogen-bond donors (Lipinski definition) is 3. The smallest absolute Gasteiger partial charge is 0.326 e. The summed E-state index contributed by atoms with van der Waals surface area (Å²) in [6.45, 7) is 2.00. The molecule has 0 aliphatic rings. The van der Waals surface area contributed by atoms with E-state index in [1.165, 1.54) is 4.90 Å². The molecule has 92 valence electrons. The number of nitrogens with two attached hydrogens (primary N) is 1. The van der Waals surface area contributed by atoms with Gasteiger partial charge in [-0.25, -0.2) is 0 Å². The lowest BCUT2D eigenvalue weighted by molar-refractivity contribution is -0.143. The Bertz CT molecular complexity index is 277. The van der Waals surface area contributed by atoms with E-state index in [-0.39, 0.29) is 18.5 Å². The maximum absolute atomic E-state index is 11.3. The van der Waals surface area contributed by atoms with E-state index in [1.807, 2.05) is 6.92 Å². The van der Waals surface area contributed by atoms with Gasteiger partial charge in [0.2, 0.25) is 5.96 Å². The Kier molecular flexibility index (Phi) is 5.91. The molecule has 0 rings (SSSR count). The lowest BCUT2D eigenvalue weighted by Gasteiger charge is -2.26. The highest BCUT2D eigenvalue weighted by Crippen LogP contribution is 1.94. The molecule has 0 aromatic heterocycles. The zero-order chi connectivity index (χ0) is 12.7. The first-order valence-corrected chi connectivity index (χ1v) is 4.93. The quantitative estimate of drug-likeness (QED) is 0.346. The molecule has 0 aliphatic heterocycles. The summed E-state index contributed by atoms with van der Waals surface area (Å²) in [7, 11) is 3.27. The van der Waals surface area contributed by atoms with Crippen molar-refractivity contribution in [3.05, 3.63) is 0 Å². The second kappa shape index (κ2) is 6.65. The van der Waals surface area contributed by atoms with E-state index in [2.05, 4.69) is 0 Å². The van der Waals surface area contributed by atoms with Crippen molar-refractivity contribution in [1.82, 2.24) is 9.80 Å². The van der Waals surface area contributed by atoms with E-state index in [9.17, 15) is 4.79 Å². The van der Waals surface area contributed by atoms with Gasteiger partial charge >= 0.3 is 5.97 Å². The molecule has 16 heavy (non-hydrogen) atoms. The fourth-order valence-electron chi connectivity index (χ4n) is 0.906. The minimum Gasteiger partial charge on any atom is -0.464 e. The number of esters is 1. The van der Waals surface area contributed by atoms with Crippen molar-refractivity contribution in [2.45, 2.75) is 13.3 Å². The third kappa shape index (κ3) is 4.63. The first-order valence-electron chi connectivity index (χ1n) is 4.93. The topological polar surface area (TPSA) is 106 Å². The van der Waals surface area contributed by atoms with Crippen LogP contribution < -0.4 is 5.73 Å². The van der Waals surface area contributed by atoms with Crippen LogP contribution in [0, 0.1) is 10.8 Å². The van der Waals surface area contributed by atoms with Crippen LogP contribution in [0.4, 0.5) is 0 Å². The molecule has 0 aromatic carbocycles. The molecular weight excluding hydrogens is 210 g/mol. The summed E-state index contributed by atoms with van der Waals surface area (Å²) >= 11 is 0. The van der Waals surface area contributed by atoms with Crippen molar-refractivity contribution in [1.29, 1.82) is 10.8 Å². The average Bonchev–Trinajstić information content (AvgIpc) is 2.21. The van der Waals surface area contributed by atoms with Crippen LogP contribution in [0.3, 0.4) is 0 Å². The molecule has 4 N–H and O–H groups in total. The molecule has 0 unspecified atom stereocenters. The Morgan fingerprint density at radius 2 is 1.94 bits per heavy atom. The summed E-state index contributed by atoms with van der Waals surface area (Å²) in [6, 6.07) is 0. The lowest BCUT2D eigenvalue weighted by Crippen LogP contribution is -2.49. The average molecular weight is 229 g/mol. The minimum absolute atomic E-state index is 0.0269. The van der Waals surface area contributed by atoms with E-state index in [0.717, 1.165) is 11.3 Å². The second-order valence-electron chi connectivity index (χ2n) is 3.41. The summed E-state index contributed by atoms with van der Waals surface area (Å²) in [6.07, 6.45) is 0.733. The number of nitrogens with one attached hydrogen (secondary N) is 2. The van der Waals surface area contributed by atoms with Gasteiger partial charge < -0.3 is 15.4 Å². The van der Waals surface area contributed by atoms with E-state index in [1.54, 1.807) is 14.1 Å². The fourth-order valence-corrected chi connectivity index (χ4v) is 0.906. The standard InChI is InChI=1S/C9H19N5O2/c1-4-5-16-7(15)6-14(8(10)11)9(12)13(2)3/h12H,4-6H2,1-3H3,(H3,10,11). The number of hydrogen-bond acceptors (Lipinski definition) is 4. The van der Waals surface area contributed by atoms with Gasteiger partial charge in [0.05, 0.1) is 6.61 Å². The van der Waals surface area contributed by atoms with Gasteiger partial charge in [-0.15, -0.1) is 0 Å². The lowest BCUT2D eigenvalue weighted by atomic mass is 10.5. The van der Waals surface area contributed by atoms with E-state index < -0.39 is 5.97 Å². The van der Waals surface area contributed by atoms with Gasteiger partial charge in [-0.2, -0.15) is 0 Å². The van der Waals surface area contributed by atoms with E-state index >= 15 is 0 Å². The highest BCUT2D eigenvalue weighted by molar-refractivity contribution is 5.97. The molecule has 0 heterocycles. The van der Waals surface area contributed by atoms with Crippen LogP contribution in [-0.4, -0.2) is 54.9 Å². The molecule has 0 atom stereocenters. The van der Waals surface area contributed by atoms with Gasteiger partial charge in [-0.05, 0) is 6.42 Å². The molecule has 0 saturated carbocycles. The third-order valence-electron chi connectivity index (χ3n) is 1.72. The van der Waals surface area contributed by atoms with Gasteiger partial charge in [0.15, 0.2) is 5.96 Å². The molecule has 7 heteroatoms. The van der Waals surface area contributed by atoms with Crippen molar-refractivity contribution in [3.63, 3.8) is 0 Å². The zero-order valence-electron chi connectivity index (χ0n) is 9.91. The summed E-state index contributed by atoms with van der Waals surface area (Å²) in [5.74, 6) is -0.878. The highest BCUT2D eigenvalue weighted by atomic mass is 16.5. The van der Waals surface area contributed by atoms with Crippen LogP contribution in [-0.2, 0) is 9.53 Å². The normalized spacial score (nSPS) is 9.44. The van der Waals surface area contributed by atoms with E-state index in [0.29, 0.717) is 6.61 Å². The Morgan fingerprint density at radius 3 is 2.31 bits per heavy atom. The van der Waals surface area contributed by atoms with Gasteiger partial charge in [-0.3, -0.25) is 20.5 Å². The van der Waals surface area contributed by atoms with Gasteiger partial charge in [0.25, 0.3) is 0 Å². The largest absolute Gasteiger partial charge is 0.464 e. The summed E-state index contributed by atoms with van der Waals surface area (Å²) in [4.78, 5) is 13.8. The summed E-state index contributed by atoms with van der Waals surface area (Å²) < 4.78 is 4.85. The van der Waals surface area contributed by atoms with Gasteiger partial charge in [0.1, 0.15) is 6.54 Å². The molecule has 0 radical (unpaired) electrons. The first kappa shape index (κ1) is 14.2. The zero-order valence-corrected chi connectivity index (χ0v) is 9.91. The van der Waals surface area contributed by atoms with Crippen LogP contribution in [0.2, 0.25) is 0 Å². The van der Waals surface area contributed by atoms with Crippen LogP contribution in [0.15, 0.2) is 0 Å². The third-order valence-corrected chi connectivity index (χ3v) is 1.72. The predicted octanol–water partition coefficient (Wildman–Crippen LogP) is -0.369. The van der Waals surface area contributed by atoms with Crippen LogP contribution in [0.5, 0.6) is 0 Å². The molecule has 7 nitrogen and oxygen atoms in total. The molecule has 0 spiro atoms. The number of guanidine groups is 2. The van der Waals surface area contributed by atoms with Crippen molar-refractivity contribution in [2.24, 2.45) is 5.73 Å². The SMILES string of the molecule is CCCOC(=O)CN(C(=N)N)C(=N)N(C)C. The Hall–Kier alpha value is -1.79. The number of ether oxygens (including phenoxy) is 1. The van der Waals surface area contributed by atoms with Crippen LogP contribution >= 0.6 is 0 Å². The predicted molar refractivity (Wildman–Crippen MR) is 61.3 cm³/mol. The van der Waals surface area contributed by atoms with Crippen LogP contribution in [0.25, 0.3) is 0 Å². The molecule has 0 aromatic rings. The van der Waals surface area contributed by atoms with Crippen LogP contribution in [0.1, 0.15) is 13.3 Å². The Labute approximate surface area is 95.2 Å². The number of rotatable bonds is 4. The number of carbonyl (C=O) groups is 1. The summed E-state index contributed by atoms with van der Waals surface area (Å²) in [5.41, 5.74) is 5.29. The number of carbonyl (C=O) groups excluding carboxylic acids is 1. The highest BCUT2D eigenvalue weighted by Gasteiger charge is 2.18. The van der Waals surface area contributed by atoms with Gasteiger partial charge in [-0.1, -0.05) is 6.92 Å². The van der Waals surface area contributed by atoms with Gasteiger partial charge in [0, 0.05) is 14.1 Å². The Morgan fingerprint density at radius 1 is 1.38 bits per heavy atom. The van der Waals surface area contributed by atoms with Crippen molar-refractivity contribution in [3.8, 4) is 0 Å². The summed E-state index contributed by atoms with van der Waals surface area (Å²) in [5, 5.41) is 14.9. The van der Waals surface area contributed by atoms with E-state index in [4.69, 9.17) is 21.3 Å². The van der Waals surface area contributed by atoms with Crippen molar-refractivity contribution in [2.75, 3.05) is 27.2 Å². The first-order chi connectivity index (χ1) is 7.40. The maximum atomic E-state index is 11.3. The molecule has 0 saturated heterocycles. The van der Waals surface area contributed by atoms with Crippen molar-refractivity contribution >= 4 is 17.9 Å². The molecule has 0 fully saturated rings. The molecule has 0 bridgehead atoms. The molecular formula is C9H19N5O2. The fraction of sp³-hybridized carbons (Fsp3) is 0.667. The monoisotopic (exact) mass is 229 g/mol. The minimum atomic E-state index is -0.497. The molecule has 0 aliphatic carbocycles. The maximum Gasteiger partial charge on any atom is 0.326 e. The number of nitrogens with zero attached hydrogens (tertiary/aromatic N) is 2. The van der Waals surface area contributed by atoms with Crippen molar-refractivity contribution < 1.29 is 9.53 Å².